The van der Waals surface area contributed by atoms with E-state index < -0.39 is 0 Å². The zero-order valence-electron chi connectivity index (χ0n) is 9.89. The summed E-state index contributed by atoms with van der Waals surface area (Å²) in [7, 11) is 4.06. The molecule has 0 aliphatic rings. The molecule has 1 heterocycles. The maximum absolute atomic E-state index is 4.55. The van der Waals surface area contributed by atoms with Gasteiger partial charge >= 0.3 is 0 Å². The van der Waals surface area contributed by atoms with Crippen molar-refractivity contribution in [2.45, 2.75) is 33.7 Å². The van der Waals surface area contributed by atoms with Crippen LogP contribution in [0.2, 0.25) is 0 Å². The van der Waals surface area contributed by atoms with Crippen molar-refractivity contribution in [3.8, 4) is 0 Å². The van der Waals surface area contributed by atoms with Crippen molar-refractivity contribution in [3.05, 3.63) is 17.2 Å². The molecule has 0 spiro atoms. The minimum absolute atomic E-state index is 0.681. The van der Waals surface area contributed by atoms with Gasteiger partial charge in [-0.15, -0.1) is 0 Å². The number of hydrogen-bond acceptors (Lipinski definition) is 2. The minimum Gasteiger partial charge on any atom is -0.335 e. The molecule has 1 rings (SSSR count). The monoisotopic (exact) mass is 195 g/mol. The Morgan fingerprint density at radius 1 is 1.43 bits per heavy atom. The van der Waals surface area contributed by atoms with Crippen molar-refractivity contribution >= 4 is 0 Å². The van der Waals surface area contributed by atoms with E-state index in [-0.39, 0.29) is 0 Å². The molecule has 0 saturated carbocycles. The number of hydrogen-bond donors (Lipinski definition) is 1. The fourth-order valence-electron chi connectivity index (χ4n) is 1.67. The van der Waals surface area contributed by atoms with Crippen LogP contribution in [0.25, 0.3) is 0 Å². The van der Waals surface area contributed by atoms with Crippen LogP contribution >= 0.6 is 0 Å². The average molecular weight is 195 g/mol. The van der Waals surface area contributed by atoms with Gasteiger partial charge in [-0.3, -0.25) is 0 Å². The van der Waals surface area contributed by atoms with Crippen LogP contribution < -0.4 is 5.32 Å². The second-order valence-electron chi connectivity index (χ2n) is 4.24. The second-order valence-corrected chi connectivity index (χ2v) is 4.24. The first kappa shape index (κ1) is 11.2. The lowest BCUT2D eigenvalue weighted by atomic mass is 10.1. The zero-order chi connectivity index (χ0) is 10.7. The zero-order valence-corrected chi connectivity index (χ0v) is 9.89. The molecule has 0 atom stereocenters. The van der Waals surface area contributed by atoms with Crippen LogP contribution in [0.1, 0.15) is 31.1 Å². The molecule has 0 saturated heterocycles. The van der Waals surface area contributed by atoms with Gasteiger partial charge in [0.15, 0.2) is 0 Å². The summed E-state index contributed by atoms with van der Waals surface area (Å²) in [5, 5.41) is 3.16. The van der Waals surface area contributed by atoms with Gasteiger partial charge in [-0.2, -0.15) is 0 Å². The number of imidazole rings is 1. The van der Waals surface area contributed by atoms with E-state index in [1.165, 1.54) is 11.4 Å². The van der Waals surface area contributed by atoms with Crippen molar-refractivity contribution in [3.63, 3.8) is 0 Å². The molecule has 0 unspecified atom stereocenters. The van der Waals surface area contributed by atoms with Gasteiger partial charge in [0, 0.05) is 19.3 Å². The molecule has 0 radical (unpaired) electrons. The van der Waals surface area contributed by atoms with Gasteiger partial charge in [0.2, 0.25) is 0 Å². The maximum atomic E-state index is 4.55. The lowest BCUT2D eigenvalue weighted by molar-refractivity contribution is 0.605. The average Bonchev–Trinajstić information content (AvgIpc) is 2.33. The number of aromatic nitrogens is 2. The van der Waals surface area contributed by atoms with E-state index in [9.17, 15) is 0 Å². The van der Waals surface area contributed by atoms with Crippen molar-refractivity contribution in [1.82, 2.24) is 14.9 Å². The quantitative estimate of drug-likeness (QED) is 0.791. The van der Waals surface area contributed by atoms with Gasteiger partial charge in [-0.05, 0) is 26.3 Å². The Kier molecular flexibility index (Phi) is 3.69. The summed E-state index contributed by atoms with van der Waals surface area (Å²) in [6.07, 6.45) is 1.11. The summed E-state index contributed by atoms with van der Waals surface area (Å²) >= 11 is 0. The van der Waals surface area contributed by atoms with E-state index in [1.54, 1.807) is 0 Å². The van der Waals surface area contributed by atoms with Crippen LogP contribution in [0.3, 0.4) is 0 Å². The Hall–Kier alpha value is -0.830. The third-order valence-electron chi connectivity index (χ3n) is 2.47. The molecule has 0 aromatic carbocycles. The van der Waals surface area contributed by atoms with Crippen molar-refractivity contribution in [2.75, 3.05) is 7.05 Å². The third kappa shape index (κ3) is 2.35. The number of nitrogens with one attached hydrogen (secondary N) is 1. The van der Waals surface area contributed by atoms with E-state index >= 15 is 0 Å². The second kappa shape index (κ2) is 4.60. The van der Waals surface area contributed by atoms with Gasteiger partial charge in [-0.25, -0.2) is 4.98 Å². The molecule has 1 N–H and O–H groups in total. The smallest absolute Gasteiger partial charge is 0.105 e. The van der Waals surface area contributed by atoms with E-state index in [0.29, 0.717) is 5.92 Å². The Bertz CT molecular complexity index is 300. The molecule has 80 valence electrons. The molecule has 0 aliphatic carbocycles. The normalized spacial score (nSPS) is 11.3. The van der Waals surface area contributed by atoms with Crippen LogP contribution in [0.5, 0.6) is 0 Å². The summed E-state index contributed by atoms with van der Waals surface area (Å²) in [6.45, 7) is 7.41. The number of nitrogens with zero attached hydrogens (tertiary/aromatic N) is 2. The highest BCUT2D eigenvalue weighted by atomic mass is 15.1. The Morgan fingerprint density at radius 2 is 2.07 bits per heavy atom. The fraction of sp³-hybridized carbons (Fsp3) is 0.727. The van der Waals surface area contributed by atoms with Crippen LogP contribution in [0.4, 0.5) is 0 Å². The molecule has 0 fully saturated rings. The fourth-order valence-corrected chi connectivity index (χ4v) is 1.67. The summed E-state index contributed by atoms with van der Waals surface area (Å²) in [6, 6.07) is 0. The molecular weight excluding hydrogens is 174 g/mol. The predicted molar refractivity (Wildman–Crippen MR) is 59.3 cm³/mol. The van der Waals surface area contributed by atoms with Crippen LogP contribution in [-0.2, 0) is 20.0 Å². The van der Waals surface area contributed by atoms with Gasteiger partial charge in [0.05, 0.1) is 5.69 Å². The summed E-state index contributed by atoms with van der Waals surface area (Å²) in [5.74, 6) is 1.78. The first-order valence-corrected chi connectivity index (χ1v) is 5.22. The molecule has 1 aromatic heterocycles. The number of rotatable bonds is 4. The largest absolute Gasteiger partial charge is 0.335 e. The van der Waals surface area contributed by atoms with E-state index in [2.05, 4.69) is 42.7 Å². The summed E-state index contributed by atoms with van der Waals surface area (Å²) < 4.78 is 2.20. The van der Waals surface area contributed by atoms with Gasteiger partial charge in [-0.1, -0.05) is 13.8 Å². The molecule has 3 heteroatoms. The molecule has 0 amide bonds. The lowest BCUT2D eigenvalue weighted by Crippen LogP contribution is -2.10. The molecule has 0 aliphatic heterocycles. The molecule has 1 aromatic rings. The molecule has 3 nitrogen and oxygen atoms in total. The van der Waals surface area contributed by atoms with E-state index in [4.69, 9.17) is 0 Å². The van der Waals surface area contributed by atoms with Crippen LogP contribution in [0.15, 0.2) is 0 Å². The summed E-state index contributed by atoms with van der Waals surface area (Å²) in [4.78, 5) is 4.55. The van der Waals surface area contributed by atoms with E-state index in [1.807, 2.05) is 7.05 Å². The highest BCUT2D eigenvalue weighted by Gasteiger charge is 2.12. The van der Waals surface area contributed by atoms with Gasteiger partial charge in [0.1, 0.15) is 5.82 Å². The van der Waals surface area contributed by atoms with E-state index in [0.717, 1.165) is 18.8 Å². The van der Waals surface area contributed by atoms with Crippen LogP contribution in [-0.4, -0.2) is 16.6 Å². The van der Waals surface area contributed by atoms with Crippen molar-refractivity contribution in [2.24, 2.45) is 13.0 Å². The number of aryl methyl sites for hydroxylation is 1. The molecule has 14 heavy (non-hydrogen) atoms. The Labute approximate surface area is 86.5 Å². The lowest BCUT2D eigenvalue weighted by Gasteiger charge is -2.08. The third-order valence-corrected chi connectivity index (χ3v) is 2.47. The van der Waals surface area contributed by atoms with Crippen LogP contribution in [0, 0.1) is 12.8 Å². The maximum Gasteiger partial charge on any atom is 0.105 e. The van der Waals surface area contributed by atoms with Crippen molar-refractivity contribution in [1.29, 1.82) is 0 Å². The molecule has 0 bridgehead atoms. The summed E-state index contributed by atoms with van der Waals surface area (Å²) in [5.41, 5.74) is 2.56. The molecular formula is C11H21N3. The van der Waals surface area contributed by atoms with Crippen molar-refractivity contribution < 1.29 is 0 Å². The Balaban J connectivity index is 2.97. The Morgan fingerprint density at radius 3 is 2.57 bits per heavy atom. The highest BCUT2D eigenvalue weighted by Crippen LogP contribution is 2.14. The minimum atomic E-state index is 0.681. The topological polar surface area (TPSA) is 29.9 Å². The van der Waals surface area contributed by atoms with Gasteiger partial charge in [0.25, 0.3) is 0 Å². The highest BCUT2D eigenvalue weighted by molar-refractivity contribution is 5.17. The first-order valence-electron chi connectivity index (χ1n) is 5.22. The standard InChI is InChI=1S/C11H21N3/c1-8(2)6-11-10(7-12-4)13-9(3)14(11)5/h8,12H,6-7H2,1-5H3. The predicted octanol–water partition coefficient (Wildman–Crippen LogP) is 1.65. The van der Waals surface area contributed by atoms with Gasteiger partial charge < -0.3 is 9.88 Å². The SMILES string of the molecule is CNCc1nc(C)n(C)c1CC(C)C. The first-order chi connectivity index (χ1) is 6.56.